The van der Waals surface area contributed by atoms with Crippen LogP contribution in [0.25, 0.3) is 0 Å². The summed E-state index contributed by atoms with van der Waals surface area (Å²) < 4.78 is 22.9. The van der Waals surface area contributed by atoms with E-state index >= 15 is 0 Å². The topological polar surface area (TPSA) is 228 Å². The third-order valence-electron chi connectivity index (χ3n) is 17.1. The first kappa shape index (κ1) is 74.1. The number of hydrogen-bond donors (Lipinski definition) is 9. The SMILES string of the molecule is CCCCCCCCCCCCCCCCCCCCCCCCCCCCCCCC(O)C(COC1OC(CO)C(OC2OC(CO)C(O)C(O)C2O)C(O)C1O)NC(=O)CCCCCCCCCCCCCCCCCC. The smallest absolute Gasteiger partial charge is 0.220 e. The summed E-state index contributed by atoms with van der Waals surface area (Å²) in [4.78, 5) is 13.3. The van der Waals surface area contributed by atoms with Crippen molar-refractivity contribution in [2.45, 2.75) is 389 Å². The van der Waals surface area contributed by atoms with Crippen molar-refractivity contribution in [2.24, 2.45) is 0 Å². The molecule has 12 atom stereocenters. The standard InChI is InChI=1S/C65H127NO13/c1-3-5-7-9-11-13-15-17-19-21-22-23-24-25-26-27-28-29-30-31-32-33-34-36-38-40-42-44-46-48-54(69)53(66-57(70)49-47-45-43-41-39-37-35-20-18-16-14-12-10-8-6-4-2)52-76-64-62(75)60(73)63(56(51-68)78-64)79-65-61(74)59(72)58(71)55(50-67)77-65/h53-56,58-65,67-69,71-75H,3-52H2,1-2H3,(H,66,70). The van der Waals surface area contributed by atoms with Gasteiger partial charge in [0.05, 0.1) is 32.0 Å². The molecule has 14 heteroatoms. The second-order valence-corrected chi connectivity index (χ2v) is 24.3. The van der Waals surface area contributed by atoms with Gasteiger partial charge in [-0.25, -0.2) is 0 Å². The Kier molecular flexibility index (Phi) is 48.2. The van der Waals surface area contributed by atoms with Gasteiger partial charge in [-0.1, -0.05) is 296 Å². The second kappa shape index (κ2) is 51.4. The number of amides is 1. The molecule has 0 aliphatic carbocycles. The third kappa shape index (κ3) is 36.4. The highest BCUT2D eigenvalue weighted by Gasteiger charge is 2.51. The molecule has 79 heavy (non-hydrogen) atoms. The largest absolute Gasteiger partial charge is 0.394 e. The van der Waals surface area contributed by atoms with Crippen LogP contribution in [0.3, 0.4) is 0 Å². The predicted molar refractivity (Wildman–Crippen MR) is 319 cm³/mol. The molecule has 2 rings (SSSR count). The maximum Gasteiger partial charge on any atom is 0.220 e. The monoisotopic (exact) mass is 1130 g/mol. The van der Waals surface area contributed by atoms with Crippen LogP contribution in [-0.2, 0) is 23.7 Å². The number of hydrogen-bond acceptors (Lipinski definition) is 13. The molecule has 470 valence electrons. The molecule has 0 aromatic heterocycles. The average molecular weight is 1130 g/mol. The van der Waals surface area contributed by atoms with Crippen molar-refractivity contribution < 1.29 is 64.6 Å². The molecule has 2 heterocycles. The maximum absolute atomic E-state index is 13.3. The lowest BCUT2D eigenvalue weighted by Gasteiger charge is -2.46. The molecular weight excluding hydrogens is 1000 g/mol. The highest BCUT2D eigenvalue weighted by atomic mass is 16.7. The molecule has 0 saturated carbocycles. The van der Waals surface area contributed by atoms with Crippen molar-refractivity contribution in [3.63, 3.8) is 0 Å². The van der Waals surface area contributed by atoms with E-state index in [9.17, 15) is 45.6 Å². The number of rotatable bonds is 56. The highest BCUT2D eigenvalue weighted by molar-refractivity contribution is 5.76. The lowest BCUT2D eigenvalue weighted by molar-refractivity contribution is -0.359. The van der Waals surface area contributed by atoms with Gasteiger partial charge in [0.2, 0.25) is 5.91 Å². The lowest BCUT2D eigenvalue weighted by atomic mass is 9.97. The molecule has 0 aromatic rings. The van der Waals surface area contributed by atoms with Crippen molar-refractivity contribution in [1.82, 2.24) is 5.32 Å². The molecule has 1 amide bonds. The summed E-state index contributed by atoms with van der Waals surface area (Å²) in [7, 11) is 0. The van der Waals surface area contributed by atoms with Crippen LogP contribution in [0, 0.1) is 0 Å². The van der Waals surface area contributed by atoms with Crippen molar-refractivity contribution in [1.29, 1.82) is 0 Å². The summed E-state index contributed by atoms with van der Waals surface area (Å²) in [5, 5.41) is 87.5. The van der Waals surface area contributed by atoms with E-state index in [0.29, 0.717) is 12.8 Å². The molecule has 12 unspecified atom stereocenters. The average Bonchev–Trinajstić information content (AvgIpc) is 3.47. The Balaban J connectivity index is 1.65. The number of aliphatic hydroxyl groups excluding tert-OH is 8. The molecule has 0 bridgehead atoms. The number of aliphatic hydroxyl groups is 8. The fourth-order valence-corrected chi connectivity index (χ4v) is 11.7. The van der Waals surface area contributed by atoms with Crippen LogP contribution in [0.15, 0.2) is 0 Å². The molecule has 2 saturated heterocycles. The minimum atomic E-state index is -1.78. The van der Waals surface area contributed by atoms with Crippen LogP contribution in [0.1, 0.15) is 316 Å². The van der Waals surface area contributed by atoms with Crippen LogP contribution in [0.4, 0.5) is 0 Å². The van der Waals surface area contributed by atoms with E-state index in [1.54, 1.807) is 0 Å². The van der Waals surface area contributed by atoms with E-state index in [1.807, 2.05) is 0 Å². The quantitative estimate of drug-likeness (QED) is 0.0259. The van der Waals surface area contributed by atoms with Gasteiger partial charge in [0, 0.05) is 6.42 Å². The van der Waals surface area contributed by atoms with Gasteiger partial charge in [0.25, 0.3) is 0 Å². The van der Waals surface area contributed by atoms with Gasteiger partial charge in [-0.05, 0) is 12.8 Å². The van der Waals surface area contributed by atoms with Crippen LogP contribution in [-0.4, -0.2) is 140 Å². The van der Waals surface area contributed by atoms with Crippen LogP contribution in [0.5, 0.6) is 0 Å². The van der Waals surface area contributed by atoms with Gasteiger partial charge in [-0.15, -0.1) is 0 Å². The first-order valence-electron chi connectivity index (χ1n) is 33.8. The van der Waals surface area contributed by atoms with E-state index in [1.165, 1.54) is 238 Å². The van der Waals surface area contributed by atoms with Crippen LogP contribution >= 0.6 is 0 Å². The molecular formula is C65H127NO13. The number of unbranched alkanes of at least 4 members (excludes halogenated alkanes) is 43. The summed E-state index contributed by atoms with van der Waals surface area (Å²) in [6, 6.07) is -0.823. The van der Waals surface area contributed by atoms with Gasteiger partial charge in [-0.3, -0.25) is 4.79 Å². The summed E-state index contributed by atoms with van der Waals surface area (Å²) in [6.45, 7) is 2.91. The van der Waals surface area contributed by atoms with E-state index in [-0.39, 0.29) is 12.5 Å². The van der Waals surface area contributed by atoms with Crippen molar-refractivity contribution >= 4 is 5.91 Å². The Labute approximate surface area is 483 Å². The molecule has 2 fully saturated rings. The van der Waals surface area contributed by atoms with Crippen molar-refractivity contribution in [3.8, 4) is 0 Å². The number of carbonyl (C=O) groups excluding carboxylic acids is 1. The van der Waals surface area contributed by atoms with Crippen LogP contribution < -0.4 is 5.32 Å². The van der Waals surface area contributed by atoms with Gasteiger partial charge in [-0.2, -0.15) is 0 Å². The summed E-state index contributed by atoms with van der Waals surface area (Å²) in [5.41, 5.74) is 0. The summed E-state index contributed by atoms with van der Waals surface area (Å²) >= 11 is 0. The van der Waals surface area contributed by atoms with Gasteiger partial charge in [0.15, 0.2) is 12.6 Å². The minimum Gasteiger partial charge on any atom is -0.394 e. The predicted octanol–water partition coefficient (Wildman–Crippen LogP) is 12.8. The second-order valence-electron chi connectivity index (χ2n) is 24.3. The molecule has 0 aromatic carbocycles. The van der Waals surface area contributed by atoms with Gasteiger partial charge >= 0.3 is 0 Å². The molecule has 0 spiro atoms. The molecule has 9 N–H and O–H groups in total. The Morgan fingerprint density at radius 2 is 0.722 bits per heavy atom. The molecule has 14 nitrogen and oxygen atoms in total. The lowest BCUT2D eigenvalue weighted by Crippen LogP contribution is -2.65. The van der Waals surface area contributed by atoms with Crippen molar-refractivity contribution in [3.05, 3.63) is 0 Å². The van der Waals surface area contributed by atoms with Crippen molar-refractivity contribution in [2.75, 3.05) is 19.8 Å². The molecule has 0 radical (unpaired) electrons. The zero-order chi connectivity index (χ0) is 57.4. The Hall–Kier alpha value is -1.01. The highest BCUT2D eigenvalue weighted by Crippen LogP contribution is 2.30. The fraction of sp³-hybridized carbons (Fsp3) is 0.985. The fourth-order valence-electron chi connectivity index (χ4n) is 11.7. The minimum absolute atomic E-state index is 0.199. The normalized spacial score (nSPS) is 24.3. The van der Waals surface area contributed by atoms with E-state index in [0.717, 1.165) is 51.4 Å². The number of nitrogens with one attached hydrogen (secondary N) is 1. The first-order chi connectivity index (χ1) is 38.6. The van der Waals surface area contributed by atoms with Crippen LogP contribution in [0.2, 0.25) is 0 Å². The molecule has 2 aliphatic rings. The van der Waals surface area contributed by atoms with Gasteiger partial charge < -0.3 is 65.1 Å². The zero-order valence-corrected chi connectivity index (χ0v) is 50.9. The van der Waals surface area contributed by atoms with E-state index in [4.69, 9.17) is 18.9 Å². The molecule has 2 aliphatic heterocycles. The number of ether oxygens (including phenoxy) is 4. The first-order valence-corrected chi connectivity index (χ1v) is 33.8. The Morgan fingerprint density at radius 3 is 1.08 bits per heavy atom. The summed E-state index contributed by atoms with van der Waals surface area (Å²) in [6.07, 6.45) is 42.6. The third-order valence-corrected chi connectivity index (χ3v) is 17.1. The Bertz CT molecular complexity index is 1330. The maximum atomic E-state index is 13.3. The zero-order valence-electron chi connectivity index (χ0n) is 50.9. The Morgan fingerprint density at radius 1 is 0.405 bits per heavy atom. The number of carbonyl (C=O) groups is 1. The van der Waals surface area contributed by atoms with Gasteiger partial charge in [0.1, 0.15) is 48.8 Å². The summed E-state index contributed by atoms with van der Waals surface area (Å²) in [5.74, 6) is -0.199. The van der Waals surface area contributed by atoms with E-state index < -0.39 is 86.8 Å². The van der Waals surface area contributed by atoms with E-state index in [2.05, 4.69) is 19.2 Å².